The van der Waals surface area contributed by atoms with Crippen LogP contribution in [0.1, 0.15) is 0 Å². The van der Waals surface area contributed by atoms with Gasteiger partial charge in [0.05, 0.1) is 5.52 Å². The molecule has 0 saturated carbocycles. The van der Waals surface area contributed by atoms with Gasteiger partial charge in [0.15, 0.2) is 0 Å². The molecule has 1 aromatic heterocycles. The third kappa shape index (κ3) is 2.85. The molecule has 2 rings (SSSR count). The second kappa shape index (κ2) is 5.71. The smallest absolute Gasteiger partial charge is 0.228 e. The molecule has 0 amide bonds. The maximum Gasteiger partial charge on any atom is 0.228 e. The van der Waals surface area contributed by atoms with Crippen LogP contribution in [-0.4, -0.2) is 23.1 Å². The fourth-order valence-corrected chi connectivity index (χ4v) is 1.97. The van der Waals surface area contributed by atoms with Crippen molar-refractivity contribution in [2.45, 2.75) is 0 Å². The maximum absolute atomic E-state index is 5.97. The van der Waals surface area contributed by atoms with Crippen molar-refractivity contribution >= 4 is 34.3 Å². The molecule has 98 valence electrons. The highest BCUT2D eigenvalue weighted by Gasteiger charge is 2.10. The number of nitrogen functional groups attached to an aromatic ring is 1. The summed E-state index contributed by atoms with van der Waals surface area (Å²) in [5.41, 5.74) is 6.74. The molecule has 2 aromatic rings. The SMILES string of the molecule is C=CCN(CC=C)c1nc(N)c2cc(Cl)ccc2n1. The van der Waals surface area contributed by atoms with Crippen molar-refractivity contribution in [3.05, 3.63) is 48.5 Å². The lowest BCUT2D eigenvalue weighted by Crippen LogP contribution is -2.25. The number of hydrogen-bond donors (Lipinski definition) is 1. The van der Waals surface area contributed by atoms with Crippen LogP contribution in [0.5, 0.6) is 0 Å². The van der Waals surface area contributed by atoms with Gasteiger partial charge >= 0.3 is 0 Å². The van der Waals surface area contributed by atoms with Crippen molar-refractivity contribution in [3.8, 4) is 0 Å². The van der Waals surface area contributed by atoms with Gasteiger partial charge in [-0.15, -0.1) is 13.2 Å². The molecule has 4 nitrogen and oxygen atoms in total. The molecule has 0 fully saturated rings. The molecule has 1 aromatic carbocycles. The molecule has 1 heterocycles. The Labute approximate surface area is 117 Å². The fraction of sp³-hybridized carbons (Fsp3) is 0.143. The third-order valence-corrected chi connectivity index (χ3v) is 2.89. The zero-order valence-electron chi connectivity index (χ0n) is 10.5. The standard InChI is InChI=1S/C14H15ClN4/c1-3-7-19(8-4-2)14-17-12-6-5-10(15)9-11(12)13(16)18-14/h3-6,9H,1-2,7-8H2,(H2,16,17,18). The van der Waals surface area contributed by atoms with Crippen molar-refractivity contribution in [2.24, 2.45) is 0 Å². The normalized spacial score (nSPS) is 10.4. The lowest BCUT2D eigenvalue weighted by molar-refractivity contribution is 0.900. The molecule has 0 aliphatic carbocycles. The summed E-state index contributed by atoms with van der Waals surface area (Å²) in [5, 5.41) is 1.37. The minimum absolute atomic E-state index is 0.417. The molecule has 0 radical (unpaired) electrons. The van der Waals surface area contributed by atoms with Crippen LogP contribution in [0, 0.1) is 0 Å². The van der Waals surface area contributed by atoms with Crippen LogP contribution in [0.15, 0.2) is 43.5 Å². The van der Waals surface area contributed by atoms with Gasteiger partial charge in [-0.3, -0.25) is 0 Å². The Morgan fingerprint density at radius 2 is 1.89 bits per heavy atom. The third-order valence-electron chi connectivity index (χ3n) is 2.66. The Bertz CT molecular complexity index is 614. The van der Waals surface area contributed by atoms with E-state index >= 15 is 0 Å². The van der Waals surface area contributed by atoms with Crippen molar-refractivity contribution in [1.82, 2.24) is 9.97 Å². The summed E-state index contributed by atoms with van der Waals surface area (Å²) in [5.74, 6) is 0.979. The minimum Gasteiger partial charge on any atom is -0.383 e. The largest absolute Gasteiger partial charge is 0.383 e. The minimum atomic E-state index is 0.417. The van der Waals surface area contributed by atoms with E-state index in [1.807, 2.05) is 11.0 Å². The molecule has 0 aliphatic rings. The molecule has 19 heavy (non-hydrogen) atoms. The average molecular weight is 275 g/mol. The first-order chi connectivity index (χ1) is 9.15. The highest BCUT2D eigenvalue weighted by molar-refractivity contribution is 6.31. The number of halogens is 1. The first-order valence-corrected chi connectivity index (χ1v) is 6.23. The Hall–Kier alpha value is -2.07. The van der Waals surface area contributed by atoms with E-state index in [2.05, 4.69) is 23.1 Å². The molecule has 0 saturated heterocycles. The number of nitrogens with two attached hydrogens (primary N) is 1. The highest BCUT2D eigenvalue weighted by atomic mass is 35.5. The van der Waals surface area contributed by atoms with E-state index in [4.69, 9.17) is 17.3 Å². The zero-order chi connectivity index (χ0) is 13.8. The number of anilines is 2. The zero-order valence-corrected chi connectivity index (χ0v) is 11.3. The van der Waals surface area contributed by atoms with Gasteiger partial charge < -0.3 is 10.6 Å². The van der Waals surface area contributed by atoms with E-state index in [9.17, 15) is 0 Å². The van der Waals surface area contributed by atoms with Gasteiger partial charge in [-0.05, 0) is 18.2 Å². The van der Waals surface area contributed by atoms with E-state index in [1.54, 1.807) is 24.3 Å². The Kier molecular flexibility index (Phi) is 4.02. The molecule has 0 atom stereocenters. The van der Waals surface area contributed by atoms with Crippen LogP contribution in [0.25, 0.3) is 10.9 Å². The summed E-state index contributed by atoms with van der Waals surface area (Å²) < 4.78 is 0. The van der Waals surface area contributed by atoms with Crippen molar-refractivity contribution in [3.63, 3.8) is 0 Å². The maximum atomic E-state index is 5.97. The van der Waals surface area contributed by atoms with Crippen LogP contribution in [-0.2, 0) is 0 Å². The summed E-state index contributed by atoms with van der Waals surface area (Å²) in [6.45, 7) is 8.71. The van der Waals surface area contributed by atoms with E-state index in [-0.39, 0.29) is 0 Å². The van der Waals surface area contributed by atoms with E-state index in [0.717, 1.165) is 10.9 Å². The number of hydrogen-bond acceptors (Lipinski definition) is 4. The highest BCUT2D eigenvalue weighted by Crippen LogP contribution is 2.24. The van der Waals surface area contributed by atoms with Gasteiger partial charge in [-0.2, -0.15) is 4.98 Å². The molecule has 0 unspecified atom stereocenters. The van der Waals surface area contributed by atoms with Crippen molar-refractivity contribution < 1.29 is 0 Å². The molecular formula is C14H15ClN4. The molecule has 0 bridgehead atoms. The number of fused-ring (bicyclic) bond motifs is 1. The Morgan fingerprint density at radius 3 is 2.53 bits per heavy atom. The summed E-state index contributed by atoms with van der Waals surface area (Å²) >= 11 is 5.94. The van der Waals surface area contributed by atoms with Crippen LogP contribution < -0.4 is 10.6 Å². The van der Waals surface area contributed by atoms with Crippen LogP contribution in [0.2, 0.25) is 5.02 Å². The number of aromatic nitrogens is 2. The van der Waals surface area contributed by atoms with Crippen LogP contribution in [0.3, 0.4) is 0 Å². The van der Waals surface area contributed by atoms with E-state index < -0.39 is 0 Å². The monoisotopic (exact) mass is 274 g/mol. The lowest BCUT2D eigenvalue weighted by atomic mass is 10.2. The first-order valence-electron chi connectivity index (χ1n) is 5.85. The van der Waals surface area contributed by atoms with Gasteiger partial charge in [0.25, 0.3) is 0 Å². The molecular weight excluding hydrogens is 260 g/mol. The van der Waals surface area contributed by atoms with Gasteiger partial charge in [0.1, 0.15) is 5.82 Å². The summed E-state index contributed by atoms with van der Waals surface area (Å²) in [4.78, 5) is 10.7. The summed E-state index contributed by atoms with van der Waals surface area (Å²) in [6, 6.07) is 5.38. The first kappa shape index (κ1) is 13.4. The Morgan fingerprint density at radius 1 is 1.21 bits per heavy atom. The predicted molar refractivity (Wildman–Crippen MR) is 81.6 cm³/mol. The molecule has 5 heteroatoms. The Balaban J connectivity index is 2.52. The summed E-state index contributed by atoms with van der Waals surface area (Å²) in [6.07, 6.45) is 3.57. The van der Waals surface area contributed by atoms with Gasteiger partial charge in [-0.1, -0.05) is 23.8 Å². The van der Waals surface area contributed by atoms with Crippen LogP contribution >= 0.6 is 11.6 Å². The number of benzene rings is 1. The predicted octanol–water partition coefficient (Wildman–Crippen LogP) is 3.04. The molecule has 2 N–H and O–H groups in total. The molecule has 0 spiro atoms. The summed E-state index contributed by atoms with van der Waals surface area (Å²) in [7, 11) is 0. The molecule has 0 aliphatic heterocycles. The van der Waals surface area contributed by atoms with Gasteiger partial charge in [0.2, 0.25) is 5.95 Å². The average Bonchev–Trinajstić information content (AvgIpc) is 2.39. The second-order valence-corrected chi connectivity index (χ2v) is 4.49. The lowest BCUT2D eigenvalue weighted by Gasteiger charge is -2.19. The second-order valence-electron chi connectivity index (χ2n) is 4.05. The quantitative estimate of drug-likeness (QED) is 0.852. The van der Waals surface area contributed by atoms with E-state index in [1.165, 1.54) is 0 Å². The van der Waals surface area contributed by atoms with Gasteiger partial charge in [0, 0.05) is 23.5 Å². The van der Waals surface area contributed by atoms with Gasteiger partial charge in [-0.25, -0.2) is 4.98 Å². The van der Waals surface area contributed by atoms with Crippen molar-refractivity contribution in [1.29, 1.82) is 0 Å². The van der Waals surface area contributed by atoms with Crippen LogP contribution in [0.4, 0.5) is 11.8 Å². The van der Waals surface area contributed by atoms with E-state index in [0.29, 0.717) is 29.9 Å². The number of rotatable bonds is 5. The topological polar surface area (TPSA) is 55.0 Å². The van der Waals surface area contributed by atoms with Crippen molar-refractivity contribution in [2.75, 3.05) is 23.7 Å². The number of nitrogens with zero attached hydrogens (tertiary/aromatic N) is 3. The fourth-order valence-electron chi connectivity index (χ4n) is 1.80.